The summed E-state index contributed by atoms with van der Waals surface area (Å²) in [5.41, 5.74) is 2.86. The van der Waals surface area contributed by atoms with Gasteiger partial charge in [0.05, 0.1) is 12.5 Å². The van der Waals surface area contributed by atoms with Gasteiger partial charge in [0, 0.05) is 31.0 Å². The van der Waals surface area contributed by atoms with Gasteiger partial charge in [0.25, 0.3) is 5.91 Å². The summed E-state index contributed by atoms with van der Waals surface area (Å²) < 4.78 is 1.87. The lowest BCUT2D eigenvalue weighted by Crippen LogP contribution is -2.25. The van der Waals surface area contributed by atoms with Crippen molar-refractivity contribution >= 4 is 29.4 Å². The number of anilines is 1. The van der Waals surface area contributed by atoms with E-state index in [0.717, 1.165) is 5.69 Å². The van der Waals surface area contributed by atoms with Gasteiger partial charge >= 0.3 is 0 Å². The lowest BCUT2D eigenvalue weighted by Gasteiger charge is -2.16. The average molecular weight is 333 g/mol. The van der Waals surface area contributed by atoms with E-state index in [1.54, 1.807) is 44.2 Å². The predicted octanol–water partition coefficient (Wildman–Crippen LogP) is 1.54. The number of aromatic nitrogens is 4. The Balaban J connectivity index is 1.73. The minimum absolute atomic E-state index is 0.121. The van der Waals surface area contributed by atoms with Crippen molar-refractivity contribution in [2.24, 2.45) is 4.99 Å². The number of imidazole rings is 1. The van der Waals surface area contributed by atoms with E-state index >= 15 is 0 Å². The van der Waals surface area contributed by atoms with Gasteiger partial charge in [0.15, 0.2) is 5.65 Å². The van der Waals surface area contributed by atoms with Gasteiger partial charge < -0.3 is 5.32 Å². The number of nitrogens with zero attached hydrogens (tertiary/aromatic N) is 6. The van der Waals surface area contributed by atoms with Crippen LogP contribution in [0.5, 0.6) is 0 Å². The second-order valence-corrected chi connectivity index (χ2v) is 5.42. The zero-order chi connectivity index (χ0) is 17.2. The van der Waals surface area contributed by atoms with E-state index in [-0.39, 0.29) is 5.91 Å². The second kappa shape index (κ2) is 6.16. The minimum atomic E-state index is -0.121. The summed E-state index contributed by atoms with van der Waals surface area (Å²) in [4.78, 5) is 30.9. The van der Waals surface area contributed by atoms with Crippen LogP contribution in [0.3, 0.4) is 0 Å². The molecular formula is C17H15N7O. The number of hydrogen-bond acceptors (Lipinski definition) is 6. The number of nitrogens with one attached hydrogen (secondary N) is 1. The summed E-state index contributed by atoms with van der Waals surface area (Å²) in [6.45, 7) is 0.671. The maximum atomic E-state index is 11.7. The number of carbonyl (C=O) groups excluding carboxylic acids is 1. The molecule has 0 saturated carbocycles. The first-order valence-electron chi connectivity index (χ1n) is 7.74. The molecule has 1 N–H and O–H groups in total. The van der Waals surface area contributed by atoms with E-state index in [2.05, 4.69) is 25.3 Å². The lowest BCUT2D eigenvalue weighted by molar-refractivity contribution is 0.0963. The third-order valence-corrected chi connectivity index (χ3v) is 3.87. The van der Waals surface area contributed by atoms with E-state index < -0.39 is 0 Å². The summed E-state index contributed by atoms with van der Waals surface area (Å²) >= 11 is 0. The SMILES string of the molecule is CNC(=O)c1ccc(-n2cnc3cnc(N4C=NC=CC4)nc32)cc1. The molecule has 1 aromatic carbocycles. The molecule has 1 amide bonds. The van der Waals surface area contributed by atoms with Crippen molar-refractivity contribution in [3.05, 3.63) is 54.6 Å². The summed E-state index contributed by atoms with van der Waals surface area (Å²) in [7, 11) is 1.61. The van der Waals surface area contributed by atoms with Crippen molar-refractivity contribution in [3.63, 3.8) is 0 Å². The Labute approximate surface area is 143 Å². The molecule has 1 aliphatic heterocycles. The van der Waals surface area contributed by atoms with Crippen molar-refractivity contribution in [1.82, 2.24) is 24.8 Å². The molecule has 3 heterocycles. The fourth-order valence-electron chi connectivity index (χ4n) is 2.57. The number of rotatable bonds is 3. The van der Waals surface area contributed by atoms with E-state index in [0.29, 0.717) is 29.2 Å². The first kappa shape index (κ1) is 15.0. The van der Waals surface area contributed by atoms with Crippen LogP contribution in [-0.4, -0.2) is 45.4 Å². The molecule has 8 heteroatoms. The average Bonchev–Trinajstić information content (AvgIpc) is 3.11. The maximum Gasteiger partial charge on any atom is 0.251 e. The second-order valence-electron chi connectivity index (χ2n) is 5.42. The van der Waals surface area contributed by atoms with E-state index in [1.165, 1.54) is 0 Å². The number of fused-ring (bicyclic) bond motifs is 1. The number of amides is 1. The Kier molecular flexibility index (Phi) is 3.70. The van der Waals surface area contributed by atoms with Gasteiger partial charge in [-0.2, -0.15) is 4.98 Å². The molecule has 0 radical (unpaired) electrons. The highest BCUT2D eigenvalue weighted by Gasteiger charge is 2.13. The molecule has 1 aliphatic rings. The predicted molar refractivity (Wildman–Crippen MR) is 95.0 cm³/mol. The van der Waals surface area contributed by atoms with Gasteiger partial charge in [-0.1, -0.05) is 0 Å². The van der Waals surface area contributed by atoms with Crippen LogP contribution in [0.15, 0.2) is 54.1 Å². The zero-order valence-electron chi connectivity index (χ0n) is 13.5. The van der Waals surface area contributed by atoms with Crippen LogP contribution in [0.2, 0.25) is 0 Å². The lowest BCUT2D eigenvalue weighted by atomic mass is 10.2. The Morgan fingerprint density at radius 1 is 1.20 bits per heavy atom. The Morgan fingerprint density at radius 2 is 2.04 bits per heavy atom. The smallest absolute Gasteiger partial charge is 0.251 e. The highest BCUT2D eigenvalue weighted by atomic mass is 16.1. The van der Waals surface area contributed by atoms with Crippen molar-refractivity contribution in [2.75, 3.05) is 18.5 Å². The zero-order valence-corrected chi connectivity index (χ0v) is 13.5. The Hall–Kier alpha value is -3.55. The first-order valence-corrected chi connectivity index (χ1v) is 7.74. The Bertz CT molecular complexity index is 988. The molecule has 0 bridgehead atoms. The fourth-order valence-corrected chi connectivity index (χ4v) is 2.57. The highest BCUT2D eigenvalue weighted by Crippen LogP contribution is 2.19. The van der Waals surface area contributed by atoms with Gasteiger partial charge in [-0.15, -0.1) is 0 Å². The molecule has 0 spiro atoms. The maximum absolute atomic E-state index is 11.7. The highest BCUT2D eigenvalue weighted by molar-refractivity contribution is 5.94. The van der Waals surface area contributed by atoms with Crippen LogP contribution in [0.4, 0.5) is 5.95 Å². The van der Waals surface area contributed by atoms with E-state index in [1.807, 2.05) is 27.7 Å². The number of hydrogen-bond donors (Lipinski definition) is 1. The molecule has 4 rings (SSSR count). The fraction of sp³-hybridized carbons (Fsp3) is 0.118. The third-order valence-electron chi connectivity index (χ3n) is 3.87. The van der Waals surface area contributed by atoms with E-state index in [9.17, 15) is 4.79 Å². The van der Waals surface area contributed by atoms with E-state index in [4.69, 9.17) is 0 Å². The topological polar surface area (TPSA) is 88.3 Å². The number of benzene rings is 1. The van der Waals surface area contributed by atoms with Crippen LogP contribution in [0.1, 0.15) is 10.4 Å². The molecule has 8 nitrogen and oxygen atoms in total. The summed E-state index contributed by atoms with van der Waals surface area (Å²) in [5, 5.41) is 2.61. The third kappa shape index (κ3) is 2.74. The molecule has 2 aromatic heterocycles. The van der Waals surface area contributed by atoms with Crippen LogP contribution in [0, 0.1) is 0 Å². The van der Waals surface area contributed by atoms with Crippen LogP contribution in [-0.2, 0) is 0 Å². The van der Waals surface area contributed by atoms with Crippen LogP contribution >= 0.6 is 0 Å². The standard InChI is InChI=1S/C17H15N7O/c1-18-16(25)12-3-5-13(6-4-12)24-11-21-14-9-20-17(22-15(14)24)23-8-2-7-19-10-23/h2-7,9-11H,8H2,1H3,(H,18,25). The number of carbonyl (C=O) groups is 1. The molecule has 25 heavy (non-hydrogen) atoms. The molecule has 124 valence electrons. The quantitative estimate of drug-likeness (QED) is 0.785. The Morgan fingerprint density at radius 3 is 2.76 bits per heavy atom. The van der Waals surface area contributed by atoms with Gasteiger partial charge in [0.1, 0.15) is 11.8 Å². The van der Waals surface area contributed by atoms with Crippen LogP contribution < -0.4 is 10.2 Å². The van der Waals surface area contributed by atoms with Crippen molar-refractivity contribution < 1.29 is 4.79 Å². The van der Waals surface area contributed by atoms with Crippen LogP contribution in [0.25, 0.3) is 16.9 Å². The molecule has 0 aliphatic carbocycles. The summed E-state index contributed by atoms with van der Waals surface area (Å²) in [6.07, 6.45) is 8.76. The largest absolute Gasteiger partial charge is 0.355 e. The van der Waals surface area contributed by atoms with Gasteiger partial charge in [-0.3, -0.25) is 14.3 Å². The molecule has 0 unspecified atom stereocenters. The minimum Gasteiger partial charge on any atom is -0.355 e. The monoisotopic (exact) mass is 333 g/mol. The molecule has 0 fully saturated rings. The van der Waals surface area contributed by atoms with Crippen molar-refractivity contribution in [2.45, 2.75) is 0 Å². The molecule has 3 aromatic rings. The van der Waals surface area contributed by atoms with Gasteiger partial charge in [0.2, 0.25) is 5.95 Å². The normalized spacial score (nSPS) is 13.4. The molecule has 0 saturated heterocycles. The number of aliphatic imine (C=N–C) groups is 1. The van der Waals surface area contributed by atoms with Gasteiger partial charge in [-0.25, -0.2) is 15.0 Å². The van der Waals surface area contributed by atoms with Gasteiger partial charge in [-0.05, 0) is 30.3 Å². The van der Waals surface area contributed by atoms with Crippen molar-refractivity contribution in [3.8, 4) is 5.69 Å². The first-order chi connectivity index (χ1) is 12.3. The summed E-state index contributed by atoms with van der Waals surface area (Å²) in [5.74, 6) is 0.438. The van der Waals surface area contributed by atoms with Crippen molar-refractivity contribution in [1.29, 1.82) is 0 Å². The molecular weight excluding hydrogens is 318 g/mol. The molecule has 0 atom stereocenters. The summed E-state index contributed by atoms with van der Waals surface area (Å²) in [6, 6.07) is 7.26.